The number of sulfonamides is 1. The van der Waals surface area contributed by atoms with Gasteiger partial charge in [-0.05, 0) is 38.9 Å². The Kier molecular flexibility index (Phi) is 7.43. The number of anilines is 1. The molecule has 0 amide bonds. The Hall–Kier alpha value is -3.39. The first-order valence-electron chi connectivity index (χ1n) is 12.2. The summed E-state index contributed by atoms with van der Waals surface area (Å²) in [7, 11) is 0.0227. The number of nitrogens with zero attached hydrogens (tertiary/aromatic N) is 8. The van der Waals surface area contributed by atoms with E-state index in [2.05, 4.69) is 35.7 Å². The summed E-state index contributed by atoms with van der Waals surface area (Å²) in [5, 5.41) is 11.4. The van der Waals surface area contributed by atoms with Gasteiger partial charge in [-0.1, -0.05) is 11.6 Å². The Balaban J connectivity index is 1.27. The molecule has 1 aliphatic rings. The first kappa shape index (κ1) is 26.2. The fourth-order valence-corrected chi connectivity index (χ4v) is 6.06. The largest absolute Gasteiger partial charge is 0.351 e. The third kappa shape index (κ3) is 5.41. The number of rotatable bonds is 8. The SMILES string of the molecule is CNCc1ccc(-n2cc(-c3nc(NC4CCN(S(=O)(=O)c5cn(C)cn5)CC4)ncc3Cl)cn2)c(C)n1. The molecular formula is C24H29ClN10O2S. The average Bonchev–Trinajstić information content (AvgIpc) is 3.56. The van der Waals surface area contributed by atoms with Crippen molar-refractivity contribution in [2.45, 2.75) is 37.4 Å². The van der Waals surface area contributed by atoms with Crippen LogP contribution in [0.15, 0.2) is 48.3 Å². The molecule has 4 aromatic heterocycles. The lowest BCUT2D eigenvalue weighted by molar-refractivity contribution is 0.328. The van der Waals surface area contributed by atoms with E-state index >= 15 is 0 Å². The number of hydrogen-bond donors (Lipinski definition) is 2. The van der Waals surface area contributed by atoms with E-state index < -0.39 is 10.0 Å². The molecule has 0 aliphatic carbocycles. The second-order valence-corrected chi connectivity index (χ2v) is 11.5. The van der Waals surface area contributed by atoms with Gasteiger partial charge >= 0.3 is 0 Å². The summed E-state index contributed by atoms with van der Waals surface area (Å²) in [6.45, 7) is 3.40. The van der Waals surface area contributed by atoms with Crippen LogP contribution in [0.5, 0.6) is 0 Å². The second-order valence-electron chi connectivity index (χ2n) is 9.20. The lowest BCUT2D eigenvalue weighted by Crippen LogP contribution is -2.42. The monoisotopic (exact) mass is 556 g/mol. The molecule has 12 nitrogen and oxygen atoms in total. The highest BCUT2D eigenvalue weighted by Crippen LogP contribution is 2.28. The summed E-state index contributed by atoms with van der Waals surface area (Å²) < 4.78 is 30.6. The topological polar surface area (TPSA) is 136 Å². The van der Waals surface area contributed by atoms with Crippen LogP contribution in [0.3, 0.4) is 0 Å². The van der Waals surface area contributed by atoms with Gasteiger partial charge in [0.1, 0.15) is 0 Å². The van der Waals surface area contributed by atoms with E-state index in [1.807, 2.05) is 32.3 Å². The molecule has 0 radical (unpaired) electrons. The minimum Gasteiger partial charge on any atom is -0.351 e. The highest BCUT2D eigenvalue weighted by atomic mass is 35.5. The van der Waals surface area contributed by atoms with E-state index in [1.165, 1.54) is 16.8 Å². The van der Waals surface area contributed by atoms with E-state index in [9.17, 15) is 8.42 Å². The van der Waals surface area contributed by atoms with Crippen LogP contribution in [0.25, 0.3) is 16.9 Å². The van der Waals surface area contributed by atoms with Crippen molar-refractivity contribution in [2.75, 3.05) is 25.5 Å². The highest BCUT2D eigenvalue weighted by Gasteiger charge is 2.31. The van der Waals surface area contributed by atoms with Gasteiger partial charge in [-0.3, -0.25) is 4.98 Å². The Morgan fingerprint density at radius 1 is 1.11 bits per heavy atom. The third-order valence-electron chi connectivity index (χ3n) is 6.39. The quantitative estimate of drug-likeness (QED) is 0.335. The Morgan fingerprint density at radius 2 is 1.89 bits per heavy atom. The number of pyridine rings is 1. The molecule has 0 aromatic carbocycles. The molecule has 0 bridgehead atoms. The van der Waals surface area contributed by atoms with Gasteiger partial charge in [0, 0.05) is 50.7 Å². The molecule has 0 atom stereocenters. The molecule has 14 heteroatoms. The maximum Gasteiger partial charge on any atom is 0.262 e. The number of halogens is 1. The number of nitrogens with one attached hydrogen (secondary N) is 2. The van der Waals surface area contributed by atoms with E-state index in [-0.39, 0.29) is 11.1 Å². The van der Waals surface area contributed by atoms with Gasteiger partial charge < -0.3 is 15.2 Å². The Labute approximate surface area is 226 Å². The molecule has 1 saturated heterocycles. The predicted octanol–water partition coefficient (Wildman–Crippen LogP) is 2.40. The fourth-order valence-electron chi connectivity index (χ4n) is 4.42. The summed E-state index contributed by atoms with van der Waals surface area (Å²) in [4.78, 5) is 17.6. The molecule has 0 spiro atoms. The van der Waals surface area contributed by atoms with Crippen LogP contribution in [0.1, 0.15) is 24.2 Å². The van der Waals surface area contributed by atoms with Crippen molar-refractivity contribution < 1.29 is 8.42 Å². The number of hydrogen-bond acceptors (Lipinski definition) is 9. The van der Waals surface area contributed by atoms with Crippen molar-refractivity contribution >= 4 is 27.6 Å². The number of piperidine rings is 1. The molecule has 0 saturated carbocycles. The summed E-state index contributed by atoms with van der Waals surface area (Å²) in [6.07, 6.45) is 9.35. The lowest BCUT2D eigenvalue weighted by atomic mass is 10.1. The van der Waals surface area contributed by atoms with Crippen LogP contribution in [0.2, 0.25) is 5.02 Å². The predicted molar refractivity (Wildman–Crippen MR) is 144 cm³/mol. The molecule has 0 unspecified atom stereocenters. The Morgan fingerprint density at radius 3 is 2.58 bits per heavy atom. The van der Waals surface area contributed by atoms with Gasteiger partial charge in [0.05, 0.1) is 46.5 Å². The number of aromatic nitrogens is 7. The minimum atomic E-state index is -3.61. The first-order chi connectivity index (χ1) is 18.2. The summed E-state index contributed by atoms with van der Waals surface area (Å²) in [6, 6.07) is 3.97. The van der Waals surface area contributed by atoms with E-state index in [0.29, 0.717) is 49.1 Å². The molecule has 5 heterocycles. The van der Waals surface area contributed by atoms with Crippen molar-refractivity contribution in [2.24, 2.45) is 7.05 Å². The standard InChI is InChI=1S/C24H29ClN10O2S/c1-16-21(5-4-19(30-16)11-26-2)35-13-17(10-29-35)23-20(25)12-27-24(32-23)31-18-6-8-34(9-7-18)38(36,37)22-14-33(3)15-28-22/h4-5,10,12-15,18,26H,6-9,11H2,1-3H3,(H,27,31,32). The van der Waals surface area contributed by atoms with E-state index in [4.69, 9.17) is 11.6 Å². The molecule has 1 fully saturated rings. The number of imidazole rings is 1. The average molecular weight is 557 g/mol. The van der Waals surface area contributed by atoms with Crippen molar-refractivity contribution in [3.63, 3.8) is 0 Å². The molecule has 2 N–H and O–H groups in total. The van der Waals surface area contributed by atoms with Crippen LogP contribution < -0.4 is 10.6 Å². The molecule has 4 aromatic rings. The molecule has 38 heavy (non-hydrogen) atoms. The van der Waals surface area contributed by atoms with Crippen LogP contribution in [-0.2, 0) is 23.6 Å². The molecule has 200 valence electrons. The van der Waals surface area contributed by atoms with Gasteiger partial charge in [0.25, 0.3) is 10.0 Å². The van der Waals surface area contributed by atoms with Crippen molar-refractivity contribution in [1.29, 1.82) is 0 Å². The van der Waals surface area contributed by atoms with Crippen molar-refractivity contribution in [3.05, 3.63) is 59.7 Å². The van der Waals surface area contributed by atoms with Gasteiger partial charge in [-0.2, -0.15) is 9.40 Å². The maximum atomic E-state index is 12.9. The second kappa shape index (κ2) is 10.8. The Bertz CT molecular complexity index is 1540. The summed E-state index contributed by atoms with van der Waals surface area (Å²) in [5.74, 6) is 0.428. The summed E-state index contributed by atoms with van der Waals surface area (Å²) in [5.41, 5.74) is 3.99. The third-order valence-corrected chi connectivity index (χ3v) is 8.45. The fraction of sp³-hybridized carbons (Fsp3) is 0.375. The normalized spacial score (nSPS) is 15.2. The zero-order valence-electron chi connectivity index (χ0n) is 21.3. The molecule has 5 rings (SSSR count). The van der Waals surface area contributed by atoms with Crippen LogP contribution in [0.4, 0.5) is 5.95 Å². The van der Waals surface area contributed by atoms with Gasteiger partial charge in [0.15, 0.2) is 5.03 Å². The van der Waals surface area contributed by atoms with Crippen LogP contribution in [-0.4, -0.2) is 73.2 Å². The van der Waals surface area contributed by atoms with Crippen molar-refractivity contribution in [3.8, 4) is 16.9 Å². The smallest absolute Gasteiger partial charge is 0.262 e. The zero-order valence-corrected chi connectivity index (χ0v) is 22.9. The minimum absolute atomic E-state index is 0.0202. The first-order valence-corrected chi connectivity index (χ1v) is 14.0. The molecule has 1 aliphatic heterocycles. The van der Waals surface area contributed by atoms with Crippen LogP contribution >= 0.6 is 11.6 Å². The maximum absolute atomic E-state index is 12.9. The van der Waals surface area contributed by atoms with Gasteiger partial charge in [-0.15, -0.1) is 0 Å². The van der Waals surface area contributed by atoms with E-state index in [1.54, 1.807) is 28.7 Å². The summed E-state index contributed by atoms with van der Waals surface area (Å²) >= 11 is 6.45. The van der Waals surface area contributed by atoms with Gasteiger partial charge in [-0.25, -0.2) is 28.1 Å². The zero-order chi connectivity index (χ0) is 26.9. The van der Waals surface area contributed by atoms with Crippen LogP contribution in [0, 0.1) is 6.92 Å². The van der Waals surface area contributed by atoms with Crippen molar-refractivity contribution in [1.82, 2.24) is 43.9 Å². The van der Waals surface area contributed by atoms with E-state index in [0.717, 1.165) is 22.6 Å². The number of aryl methyl sites for hydroxylation is 2. The lowest BCUT2D eigenvalue weighted by Gasteiger charge is -2.31. The highest BCUT2D eigenvalue weighted by molar-refractivity contribution is 7.89. The van der Waals surface area contributed by atoms with Gasteiger partial charge in [0.2, 0.25) is 5.95 Å². The molecular weight excluding hydrogens is 528 g/mol.